The number of ketones is 3. The number of nitrogens with zero attached hydrogens (tertiary/aromatic N) is 1. The molecular formula is C34H38FNO4S. The Morgan fingerprint density at radius 3 is 2.59 bits per heavy atom. The van der Waals surface area contributed by atoms with Crippen LogP contribution in [0.4, 0.5) is 4.39 Å². The summed E-state index contributed by atoms with van der Waals surface area (Å²) in [5, 5.41) is 14.5. The Balaban J connectivity index is 1.49. The Morgan fingerprint density at radius 2 is 1.90 bits per heavy atom. The molecule has 7 heteroatoms. The van der Waals surface area contributed by atoms with E-state index >= 15 is 0 Å². The van der Waals surface area contributed by atoms with Crippen LogP contribution in [-0.2, 0) is 29.0 Å². The van der Waals surface area contributed by atoms with Crippen LogP contribution < -0.4 is 0 Å². The number of aliphatic hydroxyl groups is 1. The SMILES string of the molecule is C/C=C(/C(=O)CCCCc1ccc(F)cc1)C(=O)c1cc(CN(C)C[C@@H](O)c2ccsc2)cc2c1C(C)CC(=O)C2. The van der Waals surface area contributed by atoms with Crippen molar-refractivity contribution in [2.75, 3.05) is 13.6 Å². The molecule has 1 heterocycles. The summed E-state index contributed by atoms with van der Waals surface area (Å²) in [7, 11) is 1.91. The van der Waals surface area contributed by atoms with Gasteiger partial charge in [-0.25, -0.2) is 4.39 Å². The average molecular weight is 576 g/mol. The van der Waals surface area contributed by atoms with Crippen LogP contribution in [0.15, 0.2) is 64.9 Å². The molecule has 0 aliphatic heterocycles. The van der Waals surface area contributed by atoms with Gasteiger partial charge in [-0.05, 0) is 102 Å². The first-order valence-electron chi connectivity index (χ1n) is 14.2. The molecule has 3 aromatic rings. The van der Waals surface area contributed by atoms with Crippen molar-refractivity contribution in [2.45, 2.75) is 70.9 Å². The maximum absolute atomic E-state index is 13.9. The summed E-state index contributed by atoms with van der Waals surface area (Å²) in [5.41, 5.74) is 5.15. The van der Waals surface area contributed by atoms with Crippen molar-refractivity contribution in [1.29, 1.82) is 0 Å². The number of fused-ring (bicyclic) bond motifs is 1. The molecule has 1 aliphatic carbocycles. The van der Waals surface area contributed by atoms with Gasteiger partial charge in [-0.1, -0.05) is 31.2 Å². The number of allylic oxidation sites excluding steroid dienone is 2. The Hall–Kier alpha value is -3.26. The third-order valence-corrected chi connectivity index (χ3v) is 8.42. The number of halogens is 1. The number of likely N-dealkylation sites (N-methyl/N-ethyl adjacent to an activating group) is 1. The van der Waals surface area contributed by atoms with E-state index in [2.05, 4.69) is 0 Å². The standard InChI is InChI=1S/C34H38FNO4S/c1-4-29(31(38)8-6-5-7-23-9-11-27(35)12-10-23)34(40)30-17-24(16-26-18-28(37)15-22(2)33(26)30)19-36(3)20-32(39)25-13-14-41-21-25/h4,9-14,16-17,21-22,32,39H,5-8,15,18-20H2,1-3H3/b29-4-/t22?,32-/m1/s1. The molecule has 0 amide bonds. The second-order valence-electron chi connectivity index (χ2n) is 11.1. The van der Waals surface area contributed by atoms with Crippen molar-refractivity contribution >= 4 is 28.7 Å². The lowest BCUT2D eigenvalue weighted by atomic mass is 9.77. The molecule has 2 atom stereocenters. The van der Waals surface area contributed by atoms with Gasteiger partial charge < -0.3 is 5.11 Å². The summed E-state index contributed by atoms with van der Waals surface area (Å²) < 4.78 is 13.2. The highest BCUT2D eigenvalue weighted by Gasteiger charge is 2.30. The van der Waals surface area contributed by atoms with E-state index in [-0.39, 0.29) is 47.5 Å². The number of carbonyl (C=O) groups is 3. The lowest BCUT2D eigenvalue weighted by Crippen LogP contribution is -2.26. The molecule has 216 valence electrons. The van der Waals surface area contributed by atoms with Crippen LogP contribution in [0.5, 0.6) is 0 Å². The van der Waals surface area contributed by atoms with Gasteiger partial charge in [0.25, 0.3) is 0 Å². The molecule has 1 unspecified atom stereocenters. The molecule has 4 rings (SSSR count). The molecule has 0 spiro atoms. The van der Waals surface area contributed by atoms with Crippen LogP contribution in [0.2, 0.25) is 0 Å². The molecule has 1 aliphatic rings. The average Bonchev–Trinajstić information content (AvgIpc) is 3.47. The molecule has 0 saturated carbocycles. The van der Waals surface area contributed by atoms with Gasteiger partial charge in [-0.15, -0.1) is 0 Å². The van der Waals surface area contributed by atoms with Crippen LogP contribution >= 0.6 is 11.3 Å². The number of rotatable bonds is 13. The highest BCUT2D eigenvalue weighted by Crippen LogP contribution is 2.35. The fraction of sp³-hybridized carbons (Fsp3) is 0.382. The number of carbonyl (C=O) groups excluding carboxylic acids is 3. The maximum Gasteiger partial charge on any atom is 0.196 e. The summed E-state index contributed by atoms with van der Waals surface area (Å²) in [4.78, 5) is 41.6. The number of aryl methyl sites for hydroxylation is 1. The number of benzene rings is 2. The van der Waals surface area contributed by atoms with Gasteiger partial charge in [0.1, 0.15) is 11.6 Å². The van der Waals surface area contributed by atoms with E-state index in [0.717, 1.165) is 40.7 Å². The van der Waals surface area contributed by atoms with E-state index in [9.17, 15) is 23.9 Å². The third-order valence-electron chi connectivity index (χ3n) is 7.72. The molecule has 1 N–H and O–H groups in total. The molecule has 41 heavy (non-hydrogen) atoms. The van der Waals surface area contributed by atoms with Crippen molar-refractivity contribution in [3.8, 4) is 0 Å². The van der Waals surface area contributed by atoms with E-state index in [1.165, 1.54) is 23.5 Å². The normalized spacial score (nSPS) is 16.1. The van der Waals surface area contributed by atoms with Crippen molar-refractivity contribution in [3.05, 3.63) is 104 Å². The summed E-state index contributed by atoms with van der Waals surface area (Å²) in [6, 6.07) is 12.1. The van der Waals surface area contributed by atoms with Crippen LogP contribution in [0, 0.1) is 5.82 Å². The number of hydrogen-bond acceptors (Lipinski definition) is 6. The molecule has 1 aromatic heterocycles. The Bertz CT molecular complexity index is 1410. The number of hydrogen-bond donors (Lipinski definition) is 1. The summed E-state index contributed by atoms with van der Waals surface area (Å²) in [6.07, 6.45) is 4.01. The largest absolute Gasteiger partial charge is 0.387 e. The van der Waals surface area contributed by atoms with Crippen molar-refractivity contribution in [2.24, 2.45) is 0 Å². The molecule has 5 nitrogen and oxygen atoms in total. The minimum absolute atomic E-state index is 0.110. The van der Waals surface area contributed by atoms with E-state index in [1.807, 2.05) is 47.8 Å². The van der Waals surface area contributed by atoms with E-state index < -0.39 is 6.10 Å². The summed E-state index contributed by atoms with van der Waals surface area (Å²) in [6.45, 7) is 4.58. The van der Waals surface area contributed by atoms with Gasteiger partial charge in [0.05, 0.1) is 11.7 Å². The first-order valence-corrected chi connectivity index (χ1v) is 15.1. The van der Waals surface area contributed by atoms with Gasteiger partial charge in [0, 0.05) is 37.9 Å². The van der Waals surface area contributed by atoms with Gasteiger partial charge in [0.15, 0.2) is 11.6 Å². The number of unbranched alkanes of at least 4 members (excludes halogenated alkanes) is 1. The summed E-state index contributed by atoms with van der Waals surface area (Å²) in [5.74, 6) is -0.721. The van der Waals surface area contributed by atoms with E-state index in [4.69, 9.17) is 0 Å². The molecule has 0 saturated heterocycles. The first-order chi connectivity index (χ1) is 19.7. The molecule has 0 bridgehead atoms. The van der Waals surface area contributed by atoms with Gasteiger partial charge in [-0.3, -0.25) is 19.3 Å². The smallest absolute Gasteiger partial charge is 0.196 e. The third kappa shape index (κ3) is 7.94. The highest BCUT2D eigenvalue weighted by atomic mass is 32.1. The topological polar surface area (TPSA) is 74.7 Å². The lowest BCUT2D eigenvalue weighted by Gasteiger charge is -2.27. The van der Waals surface area contributed by atoms with Crippen molar-refractivity contribution in [1.82, 2.24) is 4.90 Å². The van der Waals surface area contributed by atoms with Gasteiger partial charge in [0.2, 0.25) is 0 Å². The fourth-order valence-electron chi connectivity index (χ4n) is 5.72. The fourth-order valence-corrected chi connectivity index (χ4v) is 6.43. The zero-order valence-electron chi connectivity index (χ0n) is 24.0. The summed E-state index contributed by atoms with van der Waals surface area (Å²) >= 11 is 1.54. The first kappa shape index (κ1) is 30.7. The maximum atomic E-state index is 13.9. The highest BCUT2D eigenvalue weighted by molar-refractivity contribution is 7.07. The molecular weight excluding hydrogens is 537 g/mol. The monoisotopic (exact) mass is 575 g/mol. The van der Waals surface area contributed by atoms with Crippen LogP contribution in [0.25, 0.3) is 0 Å². The number of aliphatic hydroxyl groups excluding tert-OH is 1. The zero-order valence-corrected chi connectivity index (χ0v) is 24.8. The Morgan fingerprint density at radius 1 is 1.15 bits per heavy atom. The number of thiophene rings is 1. The van der Waals surface area contributed by atoms with E-state index in [0.29, 0.717) is 31.5 Å². The Kier molecular flexibility index (Phi) is 10.5. The molecule has 0 radical (unpaired) electrons. The second kappa shape index (κ2) is 14.1. The lowest BCUT2D eigenvalue weighted by molar-refractivity contribution is -0.119. The van der Waals surface area contributed by atoms with Crippen LogP contribution in [0.1, 0.15) is 89.7 Å². The number of Topliss-reactive ketones (excluding diaryl/α,β-unsaturated/α-hetero) is 3. The van der Waals surface area contributed by atoms with Crippen LogP contribution in [0.3, 0.4) is 0 Å². The quantitative estimate of drug-likeness (QED) is 0.0799. The van der Waals surface area contributed by atoms with Gasteiger partial charge >= 0.3 is 0 Å². The van der Waals surface area contributed by atoms with Crippen molar-refractivity contribution < 1.29 is 23.9 Å². The van der Waals surface area contributed by atoms with Gasteiger partial charge in [-0.2, -0.15) is 11.3 Å². The molecule has 0 fully saturated rings. The van der Waals surface area contributed by atoms with E-state index in [1.54, 1.807) is 25.1 Å². The predicted molar refractivity (Wildman–Crippen MR) is 161 cm³/mol. The minimum Gasteiger partial charge on any atom is -0.387 e. The van der Waals surface area contributed by atoms with Crippen LogP contribution in [-0.4, -0.2) is 40.9 Å². The minimum atomic E-state index is -0.623. The van der Waals surface area contributed by atoms with Crippen molar-refractivity contribution in [3.63, 3.8) is 0 Å². The predicted octanol–water partition coefficient (Wildman–Crippen LogP) is 6.78. The Labute approximate surface area is 245 Å². The zero-order chi connectivity index (χ0) is 29.5. The second-order valence-corrected chi connectivity index (χ2v) is 11.9. The molecule has 2 aromatic carbocycles.